The van der Waals surface area contributed by atoms with Crippen LogP contribution in [0.5, 0.6) is 5.88 Å². The first-order valence-electron chi connectivity index (χ1n) is 7.86. The summed E-state index contributed by atoms with van der Waals surface area (Å²) in [6, 6.07) is 8.68. The lowest BCUT2D eigenvalue weighted by atomic mass is 10.1. The van der Waals surface area contributed by atoms with Gasteiger partial charge in [0.1, 0.15) is 5.82 Å². The number of benzene rings is 1. The Labute approximate surface area is 152 Å². The number of hydrogen-bond acceptors (Lipinski definition) is 4. The van der Waals surface area contributed by atoms with Crippen LogP contribution in [0.25, 0.3) is 0 Å². The Morgan fingerprint density at radius 3 is 2.72 bits per heavy atom. The van der Waals surface area contributed by atoms with E-state index >= 15 is 0 Å². The molecule has 0 fully saturated rings. The molecule has 0 bridgehead atoms. The highest BCUT2D eigenvalue weighted by molar-refractivity contribution is 7.97. The molecule has 2 N–H and O–H groups in total. The number of guanidine groups is 1. The maximum Gasteiger partial charge on any atom is 0.213 e. The molecule has 2 aromatic rings. The first kappa shape index (κ1) is 19.1. The van der Waals surface area contributed by atoms with Crippen molar-refractivity contribution in [3.63, 3.8) is 0 Å². The molecule has 0 spiro atoms. The van der Waals surface area contributed by atoms with Gasteiger partial charge in [-0.15, -0.1) is 0 Å². The van der Waals surface area contributed by atoms with Gasteiger partial charge in [0.25, 0.3) is 0 Å². The monoisotopic (exact) mass is 362 g/mol. The maximum atomic E-state index is 13.4. The molecule has 1 heterocycles. The van der Waals surface area contributed by atoms with Crippen LogP contribution in [-0.2, 0) is 18.8 Å². The maximum absolute atomic E-state index is 13.4. The molecule has 0 saturated heterocycles. The largest absolute Gasteiger partial charge is 0.481 e. The zero-order valence-electron chi connectivity index (χ0n) is 14.7. The molecule has 134 valence electrons. The average Bonchev–Trinajstić information content (AvgIpc) is 2.63. The number of ether oxygens (including phenoxy) is 1. The van der Waals surface area contributed by atoms with Crippen LogP contribution in [0.2, 0.25) is 0 Å². The highest BCUT2D eigenvalue weighted by Crippen LogP contribution is 2.16. The van der Waals surface area contributed by atoms with Crippen molar-refractivity contribution in [2.45, 2.75) is 18.8 Å². The molecule has 0 saturated carbocycles. The van der Waals surface area contributed by atoms with E-state index in [1.54, 1.807) is 38.2 Å². The molecule has 7 heteroatoms. The Bertz CT molecular complexity index is 724. The van der Waals surface area contributed by atoms with Crippen molar-refractivity contribution in [1.82, 2.24) is 15.6 Å². The molecule has 2 rings (SSSR count). The van der Waals surface area contributed by atoms with Crippen molar-refractivity contribution in [3.05, 3.63) is 59.0 Å². The van der Waals surface area contributed by atoms with Crippen LogP contribution >= 0.6 is 11.8 Å². The van der Waals surface area contributed by atoms with E-state index in [4.69, 9.17) is 4.74 Å². The molecule has 25 heavy (non-hydrogen) atoms. The van der Waals surface area contributed by atoms with Crippen molar-refractivity contribution in [1.29, 1.82) is 0 Å². The quantitative estimate of drug-likeness (QED) is 0.586. The van der Waals surface area contributed by atoms with E-state index in [0.29, 0.717) is 24.9 Å². The van der Waals surface area contributed by atoms with Crippen LogP contribution in [0, 0.1) is 5.82 Å². The summed E-state index contributed by atoms with van der Waals surface area (Å²) in [6.07, 6.45) is 3.71. The fraction of sp³-hybridized carbons (Fsp3) is 0.333. The highest BCUT2D eigenvalue weighted by Gasteiger charge is 2.06. The van der Waals surface area contributed by atoms with Crippen molar-refractivity contribution >= 4 is 17.7 Å². The average molecular weight is 362 g/mol. The summed E-state index contributed by atoms with van der Waals surface area (Å²) in [4.78, 5) is 8.31. The van der Waals surface area contributed by atoms with Gasteiger partial charge in [-0.25, -0.2) is 9.37 Å². The van der Waals surface area contributed by atoms with E-state index in [-0.39, 0.29) is 5.82 Å². The molecule has 1 aromatic heterocycles. The highest BCUT2D eigenvalue weighted by atomic mass is 32.2. The van der Waals surface area contributed by atoms with Crippen molar-refractivity contribution < 1.29 is 9.13 Å². The number of halogens is 1. The Kier molecular flexibility index (Phi) is 7.53. The first-order valence-corrected chi connectivity index (χ1v) is 9.25. The third-order valence-electron chi connectivity index (χ3n) is 3.61. The molecule has 0 aliphatic carbocycles. The molecular weight excluding hydrogens is 339 g/mol. The molecule has 0 aliphatic heterocycles. The SMILES string of the molecule is CN=C(NCc1ccnc(OC)c1)NCc1ccc(F)cc1CSC. The molecule has 0 atom stereocenters. The minimum absolute atomic E-state index is 0.207. The van der Waals surface area contributed by atoms with Gasteiger partial charge in [0.15, 0.2) is 5.96 Å². The molecule has 0 unspecified atom stereocenters. The van der Waals surface area contributed by atoms with Crippen molar-refractivity contribution in [2.24, 2.45) is 4.99 Å². The topological polar surface area (TPSA) is 58.5 Å². The van der Waals surface area contributed by atoms with Gasteiger partial charge in [-0.2, -0.15) is 11.8 Å². The molecule has 1 aromatic carbocycles. The van der Waals surface area contributed by atoms with Gasteiger partial charge in [0.2, 0.25) is 5.88 Å². The number of nitrogens with zero attached hydrogens (tertiary/aromatic N) is 2. The minimum atomic E-state index is -0.207. The van der Waals surface area contributed by atoms with Gasteiger partial charge in [-0.3, -0.25) is 4.99 Å². The third-order valence-corrected chi connectivity index (χ3v) is 4.21. The normalized spacial score (nSPS) is 11.3. The van der Waals surface area contributed by atoms with Crippen LogP contribution in [0.15, 0.2) is 41.5 Å². The fourth-order valence-electron chi connectivity index (χ4n) is 2.31. The van der Waals surface area contributed by atoms with Gasteiger partial charge in [0, 0.05) is 38.2 Å². The van der Waals surface area contributed by atoms with Gasteiger partial charge in [0.05, 0.1) is 7.11 Å². The van der Waals surface area contributed by atoms with Gasteiger partial charge in [-0.1, -0.05) is 6.07 Å². The van der Waals surface area contributed by atoms with E-state index in [2.05, 4.69) is 20.6 Å². The Balaban J connectivity index is 1.94. The first-order chi connectivity index (χ1) is 12.2. The lowest BCUT2D eigenvalue weighted by molar-refractivity contribution is 0.397. The summed E-state index contributed by atoms with van der Waals surface area (Å²) in [7, 11) is 3.31. The fourth-order valence-corrected chi connectivity index (χ4v) is 2.89. The minimum Gasteiger partial charge on any atom is -0.481 e. The molecule has 5 nitrogen and oxygen atoms in total. The van der Waals surface area contributed by atoms with Gasteiger partial charge in [-0.05, 0) is 41.1 Å². The van der Waals surface area contributed by atoms with E-state index in [0.717, 1.165) is 22.4 Å². The van der Waals surface area contributed by atoms with Crippen molar-refractivity contribution in [3.8, 4) is 5.88 Å². The van der Waals surface area contributed by atoms with E-state index < -0.39 is 0 Å². The summed E-state index contributed by atoms with van der Waals surface area (Å²) >= 11 is 1.67. The lowest BCUT2D eigenvalue weighted by Gasteiger charge is -2.14. The van der Waals surface area contributed by atoms with Crippen LogP contribution < -0.4 is 15.4 Å². The standard InChI is InChI=1S/C18H23FN4OS/c1-20-18(22-10-13-6-7-21-17(8-13)24-2)23-11-14-4-5-16(19)9-15(14)12-25-3/h4-9H,10-12H2,1-3H3,(H2,20,22,23). The Morgan fingerprint density at radius 1 is 1.20 bits per heavy atom. The predicted molar refractivity (Wildman–Crippen MR) is 101 cm³/mol. The number of nitrogens with one attached hydrogen (secondary N) is 2. The second kappa shape index (κ2) is 9.88. The van der Waals surface area contributed by atoms with Crippen LogP contribution in [0.3, 0.4) is 0 Å². The molecule has 0 aliphatic rings. The summed E-state index contributed by atoms with van der Waals surface area (Å²) < 4.78 is 18.5. The number of pyridine rings is 1. The lowest BCUT2D eigenvalue weighted by Crippen LogP contribution is -2.36. The Morgan fingerprint density at radius 2 is 2.00 bits per heavy atom. The number of methoxy groups -OCH3 is 1. The number of thioether (sulfide) groups is 1. The van der Waals surface area contributed by atoms with E-state index in [1.165, 1.54) is 6.07 Å². The van der Waals surface area contributed by atoms with Gasteiger partial charge >= 0.3 is 0 Å². The zero-order chi connectivity index (χ0) is 18.1. The number of hydrogen-bond donors (Lipinski definition) is 2. The second-order valence-electron chi connectivity index (χ2n) is 5.33. The summed E-state index contributed by atoms with van der Waals surface area (Å²) in [5, 5.41) is 6.51. The van der Waals surface area contributed by atoms with Gasteiger partial charge < -0.3 is 15.4 Å². The number of aromatic nitrogens is 1. The van der Waals surface area contributed by atoms with Crippen LogP contribution in [0.4, 0.5) is 4.39 Å². The Hall–Kier alpha value is -2.28. The predicted octanol–water partition coefficient (Wildman–Crippen LogP) is 2.96. The van der Waals surface area contributed by atoms with Crippen LogP contribution in [-0.4, -0.2) is 31.4 Å². The zero-order valence-corrected chi connectivity index (χ0v) is 15.5. The molecule has 0 amide bonds. The second-order valence-corrected chi connectivity index (χ2v) is 6.20. The molecular formula is C18H23FN4OS. The summed E-state index contributed by atoms with van der Waals surface area (Å²) in [5.74, 6) is 1.82. The van der Waals surface area contributed by atoms with Crippen LogP contribution in [0.1, 0.15) is 16.7 Å². The molecule has 0 radical (unpaired) electrons. The smallest absolute Gasteiger partial charge is 0.213 e. The van der Waals surface area contributed by atoms with Crippen molar-refractivity contribution in [2.75, 3.05) is 20.4 Å². The summed E-state index contributed by atoms with van der Waals surface area (Å²) in [6.45, 7) is 1.18. The third kappa shape index (κ3) is 5.94. The van der Waals surface area contributed by atoms with E-state index in [1.807, 2.05) is 24.5 Å². The van der Waals surface area contributed by atoms with E-state index in [9.17, 15) is 4.39 Å². The summed E-state index contributed by atoms with van der Waals surface area (Å²) in [5.41, 5.74) is 3.10. The number of rotatable bonds is 7. The number of aliphatic imine (C=N–C) groups is 1.